The Kier molecular flexibility index (Phi) is 4.75. The minimum absolute atomic E-state index is 0.0163. The fourth-order valence-corrected chi connectivity index (χ4v) is 4.96. The second-order valence-corrected chi connectivity index (χ2v) is 8.33. The van der Waals surface area contributed by atoms with E-state index in [0.29, 0.717) is 31.1 Å². The average Bonchev–Trinajstić information content (AvgIpc) is 3.43. The molecule has 5 rings (SSSR count). The van der Waals surface area contributed by atoms with E-state index >= 15 is 0 Å². The van der Waals surface area contributed by atoms with Crippen LogP contribution in [-0.4, -0.2) is 49.6 Å². The zero-order valence-electron chi connectivity index (χ0n) is 16.5. The summed E-state index contributed by atoms with van der Waals surface area (Å²) in [7, 11) is 0. The van der Waals surface area contributed by atoms with E-state index < -0.39 is 6.10 Å². The Balaban J connectivity index is 1.33. The van der Waals surface area contributed by atoms with Crippen LogP contribution in [0.5, 0.6) is 0 Å². The van der Waals surface area contributed by atoms with Crippen molar-refractivity contribution < 1.29 is 9.90 Å². The first-order valence-corrected chi connectivity index (χ1v) is 10.3. The number of pyridine rings is 1. The second-order valence-electron chi connectivity index (χ2n) is 8.33. The predicted molar refractivity (Wildman–Crippen MR) is 112 cm³/mol. The van der Waals surface area contributed by atoms with Gasteiger partial charge in [-0.15, -0.1) is 0 Å². The molecule has 0 unspecified atom stereocenters. The van der Waals surface area contributed by atoms with Crippen LogP contribution in [0.4, 0.5) is 0 Å². The van der Waals surface area contributed by atoms with Gasteiger partial charge in [0.05, 0.1) is 18.5 Å². The lowest BCUT2D eigenvalue weighted by Gasteiger charge is -2.35. The normalized spacial score (nSPS) is 25.8. The number of fused-ring (bicyclic) bond motifs is 1. The molecule has 2 fully saturated rings. The van der Waals surface area contributed by atoms with Crippen LogP contribution in [0.1, 0.15) is 29.2 Å². The van der Waals surface area contributed by atoms with E-state index in [-0.39, 0.29) is 29.0 Å². The molecule has 2 aromatic heterocycles. The van der Waals surface area contributed by atoms with Crippen molar-refractivity contribution in [1.82, 2.24) is 19.4 Å². The van der Waals surface area contributed by atoms with Gasteiger partial charge in [-0.05, 0) is 42.4 Å². The number of aliphatic hydroxyl groups is 1. The molecule has 1 saturated carbocycles. The van der Waals surface area contributed by atoms with Crippen molar-refractivity contribution in [2.75, 3.05) is 13.1 Å². The quantitative estimate of drug-likeness (QED) is 0.701. The number of imidazole rings is 1. The monoisotopic (exact) mass is 404 g/mol. The first kappa shape index (κ1) is 18.8. The first-order chi connectivity index (χ1) is 14.6. The van der Waals surface area contributed by atoms with E-state index in [0.717, 1.165) is 12.0 Å². The molecular formula is C23H24N4O3. The Morgan fingerprint density at radius 1 is 1.07 bits per heavy atom. The van der Waals surface area contributed by atoms with Crippen LogP contribution in [0.2, 0.25) is 0 Å². The van der Waals surface area contributed by atoms with Crippen LogP contribution >= 0.6 is 0 Å². The number of aliphatic hydroxyl groups excluding tert-OH is 1. The molecule has 1 aromatic carbocycles. The number of rotatable bonds is 3. The van der Waals surface area contributed by atoms with Crippen molar-refractivity contribution >= 4 is 5.91 Å². The molecule has 1 saturated heterocycles. The fourth-order valence-electron chi connectivity index (χ4n) is 4.96. The highest BCUT2D eigenvalue weighted by Crippen LogP contribution is 2.41. The number of carbonyl (C=O) groups excluding carboxylic acids is 1. The van der Waals surface area contributed by atoms with E-state index in [1.165, 1.54) is 0 Å². The topological polar surface area (TPSA) is 91.2 Å². The Morgan fingerprint density at radius 2 is 1.83 bits per heavy atom. The van der Waals surface area contributed by atoms with Crippen molar-refractivity contribution in [2.45, 2.75) is 25.0 Å². The Bertz CT molecular complexity index is 1090. The predicted octanol–water partition coefficient (Wildman–Crippen LogP) is 2.32. The van der Waals surface area contributed by atoms with E-state index in [1.54, 1.807) is 29.6 Å². The van der Waals surface area contributed by atoms with Crippen molar-refractivity contribution in [3.63, 3.8) is 0 Å². The zero-order valence-corrected chi connectivity index (χ0v) is 16.5. The van der Waals surface area contributed by atoms with Gasteiger partial charge < -0.3 is 19.6 Å². The third-order valence-corrected chi connectivity index (χ3v) is 6.53. The van der Waals surface area contributed by atoms with Gasteiger partial charge in [-0.25, -0.2) is 4.98 Å². The zero-order chi connectivity index (χ0) is 20.7. The number of hydrogen-bond donors (Lipinski definition) is 2. The smallest absolute Gasteiger partial charge is 0.261 e. The highest BCUT2D eigenvalue weighted by atomic mass is 16.3. The molecule has 3 aromatic rings. The van der Waals surface area contributed by atoms with E-state index in [9.17, 15) is 14.7 Å². The molecule has 0 bridgehead atoms. The van der Waals surface area contributed by atoms with Gasteiger partial charge in [0.1, 0.15) is 5.56 Å². The van der Waals surface area contributed by atoms with Crippen LogP contribution in [0, 0.1) is 11.8 Å². The number of H-pyrrole nitrogens is 1. The number of nitrogens with one attached hydrogen (secondary N) is 1. The minimum Gasteiger partial charge on any atom is -0.391 e. The molecule has 7 heteroatoms. The highest BCUT2D eigenvalue weighted by Gasteiger charge is 2.43. The van der Waals surface area contributed by atoms with Crippen molar-refractivity contribution in [3.8, 4) is 11.3 Å². The molecule has 30 heavy (non-hydrogen) atoms. The first-order valence-electron chi connectivity index (χ1n) is 10.3. The average molecular weight is 404 g/mol. The number of aromatic nitrogens is 3. The third kappa shape index (κ3) is 3.35. The number of benzene rings is 1. The number of carbonyl (C=O) groups is 1. The maximum absolute atomic E-state index is 13.1. The standard InChI is InChI=1S/C23H24N4O3/c28-21-11-17-13-27(12-16(17)10-20(21)26-9-8-24-14-26)23(30)18-6-7-19(25-22(18)29)15-4-2-1-3-5-15/h1-9,14,16-17,20-21,28H,10-13H2,(H,25,29)/t16-,17+,20-,21-/m1/s1. The molecule has 3 heterocycles. The lowest BCUT2D eigenvalue weighted by molar-refractivity contribution is 0.0357. The van der Waals surface area contributed by atoms with Gasteiger partial charge in [0.15, 0.2) is 0 Å². The summed E-state index contributed by atoms with van der Waals surface area (Å²) in [6.07, 6.45) is 6.33. The summed E-state index contributed by atoms with van der Waals surface area (Å²) in [6.45, 7) is 1.19. The lowest BCUT2D eigenvalue weighted by Crippen LogP contribution is -2.35. The third-order valence-electron chi connectivity index (χ3n) is 6.53. The molecule has 0 spiro atoms. The number of hydrogen-bond acceptors (Lipinski definition) is 4. The SMILES string of the molecule is O=C(c1ccc(-c2ccccc2)[nH]c1=O)N1C[C@H]2C[C@@H](n3ccnc3)[C@H](O)C[C@H]2C1. The number of amides is 1. The molecule has 2 aliphatic rings. The van der Waals surface area contributed by atoms with E-state index in [1.807, 2.05) is 41.1 Å². The minimum atomic E-state index is -0.455. The van der Waals surface area contributed by atoms with Crippen LogP contribution in [0.15, 0.2) is 66.0 Å². The van der Waals surface area contributed by atoms with E-state index in [2.05, 4.69) is 9.97 Å². The van der Waals surface area contributed by atoms with E-state index in [4.69, 9.17) is 0 Å². The molecule has 0 radical (unpaired) electrons. The summed E-state index contributed by atoms with van der Waals surface area (Å²) in [6, 6.07) is 13.0. The van der Waals surface area contributed by atoms with Crippen LogP contribution in [0.25, 0.3) is 11.3 Å². The van der Waals surface area contributed by atoms with Gasteiger partial charge in [-0.2, -0.15) is 0 Å². The Hall–Kier alpha value is -3.19. The van der Waals surface area contributed by atoms with Crippen molar-refractivity contribution in [2.24, 2.45) is 11.8 Å². The summed E-state index contributed by atoms with van der Waals surface area (Å²) in [5, 5.41) is 10.6. The van der Waals surface area contributed by atoms with Crippen molar-refractivity contribution in [1.29, 1.82) is 0 Å². The summed E-state index contributed by atoms with van der Waals surface area (Å²) < 4.78 is 1.96. The van der Waals surface area contributed by atoms with Crippen LogP contribution < -0.4 is 5.56 Å². The van der Waals surface area contributed by atoms with Gasteiger partial charge in [0.2, 0.25) is 0 Å². The molecule has 1 aliphatic carbocycles. The molecule has 1 aliphatic heterocycles. The highest BCUT2D eigenvalue weighted by molar-refractivity contribution is 5.94. The number of likely N-dealkylation sites (tertiary alicyclic amines) is 1. The van der Waals surface area contributed by atoms with Gasteiger partial charge in [-0.3, -0.25) is 9.59 Å². The number of nitrogens with zero attached hydrogens (tertiary/aromatic N) is 3. The molecule has 2 N–H and O–H groups in total. The maximum atomic E-state index is 13.1. The molecule has 1 amide bonds. The Morgan fingerprint density at radius 3 is 2.53 bits per heavy atom. The van der Waals surface area contributed by atoms with Gasteiger partial charge >= 0.3 is 0 Å². The van der Waals surface area contributed by atoms with Gasteiger partial charge in [0.25, 0.3) is 11.5 Å². The summed E-state index contributed by atoms with van der Waals surface area (Å²) in [5.74, 6) is 0.331. The summed E-state index contributed by atoms with van der Waals surface area (Å²) in [4.78, 5) is 34.4. The molecular weight excluding hydrogens is 380 g/mol. The summed E-state index contributed by atoms with van der Waals surface area (Å²) >= 11 is 0. The van der Waals surface area contributed by atoms with Gasteiger partial charge in [0, 0.05) is 31.2 Å². The maximum Gasteiger partial charge on any atom is 0.261 e. The number of aromatic amines is 1. The lowest BCUT2D eigenvalue weighted by atomic mass is 9.77. The molecule has 4 atom stereocenters. The molecule has 7 nitrogen and oxygen atoms in total. The van der Waals surface area contributed by atoms with Crippen molar-refractivity contribution in [3.05, 3.63) is 77.1 Å². The van der Waals surface area contributed by atoms with Crippen LogP contribution in [0.3, 0.4) is 0 Å². The summed E-state index contributed by atoms with van der Waals surface area (Å²) in [5.41, 5.74) is 1.39. The fraction of sp³-hybridized carbons (Fsp3) is 0.348. The van der Waals surface area contributed by atoms with Gasteiger partial charge in [-0.1, -0.05) is 30.3 Å². The second kappa shape index (κ2) is 7.57. The largest absolute Gasteiger partial charge is 0.391 e. The molecule has 154 valence electrons. The Labute approximate surface area is 174 Å². The van der Waals surface area contributed by atoms with Crippen LogP contribution in [-0.2, 0) is 0 Å².